The summed E-state index contributed by atoms with van der Waals surface area (Å²) < 4.78 is 1.54. The molecule has 0 unspecified atom stereocenters. The standard InChI is InChI=1S/C26H28N4O3S2/c1-28-24(33)20-5-4-19(15-21(20)27-25(28)34-2)23(32)30-13-10-26(17-30)8-11-29(12-9-26)22(31)6-3-18-7-14-35-16-18/h3-7,14-16H,8-13,17H2,1-2H3. The van der Waals surface area contributed by atoms with Crippen molar-refractivity contribution in [3.63, 3.8) is 0 Å². The molecule has 2 aliphatic heterocycles. The number of thiophene rings is 1. The molecule has 2 fully saturated rings. The van der Waals surface area contributed by atoms with Gasteiger partial charge in [-0.05, 0) is 77.6 Å². The molecule has 7 nitrogen and oxygen atoms in total. The van der Waals surface area contributed by atoms with E-state index in [1.807, 2.05) is 39.0 Å². The zero-order valence-corrected chi connectivity index (χ0v) is 21.5. The number of piperidine rings is 1. The monoisotopic (exact) mass is 508 g/mol. The Balaban J connectivity index is 1.24. The smallest absolute Gasteiger partial charge is 0.261 e. The lowest BCUT2D eigenvalue weighted by Gasteiger charge is -2.39. The van der Waals surface area contributed by atoms with Gasteiger partial charge < -0.3 is 9.80 Å². The highest BCUT2D eigenvalue weighted by Gasteiger charge is 2.42. The second-order valence-electron chi connectivity index (χ2n) is 9.39. The Morgan fingerprint density at radius 3 is 2.54 bits per heavy atom. The summed E-state index contributed by atoms with van der Waals surface area (Å²) in [4.78, 5) is 46.9. The largest absolute Gasteiger partial charge is 0.339 e. The lowest BCUT2D eigenvalue weighted by atomic mass is 9.78. The minimum absolute atomic E-state index is 0.0193. The zero-order chi connectivity index (χ0) is 24.6. The van der Waals surface area contributed by atoms with E-state index in [9.17, 15) is 14.4 Å². The second-order valence-corrected chi connectivity index (χ2v) is 10.9. The number of aromatic nitrogens is 2. The van der Waals surface area contributed by atoms with E-state index in [4.69, 9.17) is 0 Å². The average molecular weight is 509 g/mol. The molecule has 0 atom stereocenters. The van der Waals surface area contributed by atoms with Crippen LogP contribution in [-0.2, 0) is 11.8 Å². The van der Waals surface area contributed by atoms with Crippen molar-refractivity contribution in [1.29, 1.82) is 0 Å². The van der Waals surface area contributed by atoms with Crippen LogP contribution in [0.5, 0.6) is 0 Å². The molecule has 0 aliphatic carbocycles. The van der Waals surface area contributed by atoms with Gasteiger partial charge in [0.15, 0.2) is 5.16 Å². The molecule has 2 amide bonds. The molecule has 5 rings (SSSR count). The van der Waals surface area contributed by atoms with Crippen LogP contribution < -0.4 is 5.56 Å². The molecule has 1 spiro atoms. The van der Waals surface area contributed by atoms with Crippen molar-refractivity contribution in [2.45, 2.75) is 24.4 Å². The number of benzene rings is 1. The van der Waals surface area contributed by atoms with Crippen molar-refractivity contribution in [2.24, 2.45) is 12.5 Å². The first kappa shape index (κ1) is 23.8. The number of rotatable bonds is 4. The average Bonchev–Trinajstić information content (AvgIpc) is 3.55. The molecule has 0 bridgehead atoms. The highest BCUT2D eigenvalue weighted by atomic mass is 32.2. The molecule has 0 saturated carbocycles. The Bertz CT molecular complexity index is 1350. The van der Waals surface area contributed by atoms with Crippen LogP contribution in [0.1, 0.15) is 35.2 Å². The first-order chi connectivity index (χ1) is 16.9. The Hall–Kier alpha value is -2.91. The molecule has 4 heterocycles. The first-order valence-electron chi connectivity index (χ1n) is 11.7. The fourth-order valence-electron chi connectivity index (χ4n) is 5.11. The van der Waals surface area contributed by atoms with Gasteiger partial charge in [0, 0.05) is 44.9 Å². The molecule has 0 N–H and O–H groups in total. The van der Waals surface area contributed by atoms with E-state index in [0.29, 0.717) is 34.7 Å². The molecule has 182 valence electrons. The van der Waals surface area contributed by atoms with Gasteiger partial charge in [0.05, 0.1) is 10.9 Å². The third-order valence-corrected chi connectivity index (χ3v) is 8.72. The van der Waals surface area contributed by atoms with Crippen LogP contribution >= 0.6 is 23.1 Å². The summed E-state index contributed by atoms with van der Waals surface area (Å²) in [7, 11) is 1.71. The van der Waals surface area contributed by atoms with E-state index in [1.54, 1.807) is 42.7 Å². The second kappa shape index (κ2) is 9.62. The summed E-state index contributed by atoms with van der Waals surface area (Å²) in [6.45, 7) is 2.85. The molecule has 9 heteroatoms. The van der Waals surface area contributed by atoms with Gasteiger partial charge in [0.25, 0.3) is 11.5 Å². The number of carbonyl (C=O) groups is 2. The fraction of sp³-hybridized carbons (Fsp3) is 0.385. The fourth-order valence-corrected chi connectivity index (χ4v) is 6.28. The normalized spacial score (nSPS) is 17.7. The van der Waals surface area contributed by atoms with Crippen molar-refractivity contribution in [1.82, 2.24) is 19.4 Å². The van der Waals surface area contributed by atoms with Crippen molar-refractivity contribution in [2.75, 3.05) is 32.4 Å². The number of hydrogen-bond acceptors (Lipinski definition) is 6. The minimum atomic E-state index is -0.107. The summed E-state index contributed by atoms with van der Waals surface area (Å²) in [6, 6.07) is 7.18. The van der Waals surface area contributed by atoms with Gasteiger partial charge in [-0.25, -0.2) is 4.98 Å². The van der Waals surface area contributed by atoms with E-state index in [1.165, 1.54) is 16.3 Å². The van der Waals surface area contributed by atoms with E-state index in [2.05, 4.69) is 4.98 Å². The zero-order valence-electron chi connectivity index (χ0n) is 19.9. The van der Waals surface area contributed by atoms with Crippen molar-refractivity contribution in [3.05, 3.63) is 62.6 Å². The number of thioether (sulfide) groups is 1. The Morgan fingerprint density at radius 2 is 1.86 bits per heavy atom. The lowest BCUT2D eigenvalue weighted by Crippen LogP contribution is -2.44. The topological polar surface area (TPSA) is 75.5 Å². The molecular weight excluding hydrogens is 480 g/mol. The van der Waals surface area contributed by atoms with E-state index < -0.39 is 0 Å². The lowest BCUT2D eigenvalue weighted by molar-refractivity contribution is -0.128. The number of likely N-dealkylation sites (tertiary alicyclic amines) is 2. The van der Waals surface area contributed by atoms with E-state index >= 15 is 0 Å². The maximum absolute atomic E-state index is 13.3. The van der Waals surface area contributed by atoms with Gasteiger partial charge in [-0.15, -0.1) is 0 Å². The minimum Gasteiger partial charge on any atom is -0.339 e. The number of carbonyl (C=O) groups excluding carboxylic acids is 2. The van der Waals surface area contributed by atoms with Crippen LogP contribution in [0, 0.1) is 5.41 Å². The predicted molar refractivity (Wildman–Crippen MR) is 141 cm³/mol. The number of hydrogen-bond donors (Lipinski definition) is 0. The third-order valence-electron chi connectivity index (χ3n) is 7.29. The number of nitrogens with zero attached hydrogens (tertiary/aromatic N) is 4. The van der Waals surface area contributed by atoms with Gasteiger partial charge in [0.1, 0.15) is 0 Å². The first-order valence-corrected chi connectivity index (χ1v) is 13.9. The maximum atomic E-state index is 13.3. The number of amides is 2. The maximum Gasteiger partial charge on any atom is 0.261 e. The SMILES string of the molecule is CSc1nc2cc(C(=O)N3CCC4(CCN(C(=O)C=Cc5ccsc5)CC4)C3)ccc2c(=O)n1C. The van der Waals surface area contributed by atoms with Gasteiger partial charge in [-0.2, -0.15) is 11.3 Å². The van der Waals surface area contributed by atoms with E-state index in [-0.39, 0.29) is 22.8 Å². The molecule has 2 aromatic heterocycles. The van der Waals surface area contributed by atoms with Crippen LogP contribution in [0.2, 0.25) is 0 Å². The van der Waals surface area contributed by atoms with Gasteiger partial charge in [-0.3, -0.25) is 19.0 Å². The van der Waals surface area contributed by atoms with Crippen LogP contribution in [0.25, 0.3) is 17.0 Å². The molecule has 35 heavy (non-hydrogen) atoms. The Morgan fingerprint density at radius 1 is 1.11 bits per heavy atom. The quantitative estimate of drug-likeness (QED) is 0.304. The van der Waals surface area contributed by atoms with E-state index in [0.717, 1.165) is 37.9 Å². The third kappa shape index (κ3) is 4.67. The van der Waals surface area contributed by atoms with Gasteiger partial charge in [-0.1, -0.05) is 11.8 Å². The predicted octanol–water partition coefficient (Wildman–Crippen LogP) is 3.89. The van der Waals surface area contributed by atoms with Crippen LogP contribution in [0.15, 0.2) is 51.1 Å². The Kier molecular flexibility index (Phi) is 6.55. The summed E-state index contributed by atoms with van der Waals surface area (Å²) >= 11 is 3.02. The van der Waals surface area contributed by atoms with Crippen molar-refractivity contribution < 1.29 is 9.59 Å². The molecular formula is C26H28N4O3S2. The van der Waals surface area contributed by atoms with Crippen LogP contribution in [-0.4, -0.2) is 63.6 Å². The molecule has 2 saturated heterocycles. The molecule has 0 radical (unpaired) electrons. The summed E-state index contributed by atoms with van der Waals surface area (Å²) in [5.74, 6) is 0.0329. The van der Waals surface area contributed by atoms with Crippen molar-refractivity contribution in [3.8, 4) is 0 Å². The number of fused-ring (bicyclic) bond motifs is 1. The molecule has 2 aliphatic rings. The highest BCUT2D eigenvalue weighted by Crippen LogP contribution is 2.41. The van der Waals surface area contributed by atoms with Crippen LogP contribution in [0.4, 0.5) is 0 Å². The van der Waals surface area contributed by atoms with Crippen LogP contribution in [0.3, 0.4) is 0 Å². The van der Waals surface area contributed by atoms with Gasteiger partial charge in [0.2, 0.25) is 5.91 Å². The Labute approximate surface area is 212 Å². The molecule has 3 aromatic rings. The van der Waals surface area contributed by atoms with Gasteiger partial charge >= 0.3 is 0 Å². The summed E-state index contributed by atoms with van der Waals surface area (Å²) in [6.07, 6.45) is 8.17. The molecule has 1 aromatic carbocycles. The summed E-state index contributed by atoms with van der Waals surface area (Å²) in [5.41, 5.74) is 2.13. The van der Waals surface area contributed by atoms with Crippen molar-refractivity contribution >= 4 is 51.9 Å². The summed E-state index contributed by atoms with van der Waals surface area (Å²) in [5, 5.41) is 5.16. The highest BCUT2D eigenvalue weighted by molar-refractivity contribution is 7.98.